The van der Waals surface area contributed by atoms with Crippen LogP contribution in [0.25, 0.3) is 16.5 Å². The minimum absolute atomic E-state index is 0.259. The molecule has 0 atom stereocenters. The number of H-pyrrole nitrogens is 2. The Morgan fingerprint density at radius 2 is 2.35 bits per heavy atom. The van der Waals surface area contributed by atoms with Crippen molar-refractivity contribution in [1.29, 1.82) is 5.26 Å². The van der Waals surface area contributed by atoms with Gasteiger partial charge in [0.05, 0.1) is 11.2 Å². The molecule has 0 fully saturated rings. The van der Waals surface area contributed by atoms with E-state index < -0.39 is 0 Å². The molecule has 0 saturated heterocycles. The SMILES string of the molecule is Cc1c[nH]c2c(NC=C(C#N)c3nn[nH]n3)cccc12. The molecule has 3 aromatic rings. The van der Waals surface area contributed by atoms with Crippen molar-refractivity contribution in [2.24, 2.45) is 0 Å². The number of aryl methyl sites for hydroxylation is 1. The topological polar surface area (TPSA) is 106 Å². The van der Waals surface area contributed by atoms with Gasteiger partial charge in [-0.2, -0.15) is 10.5 Å². The van der Waals surface area contributed by atoms with E-state index in [-0.39, 0.29) is 5.82 Å². The van der Waals surface area contributed by atoms with Gasteiger partial charge in [-0.25, -0.2) is 0 Å². The van der Waals surface area contributed by atoms with Gasteiger partial charge in [-0.3, -0.25) is 0 Å². The number of para-hydroxylation sites is 1. The first kappa shape index (κ1) is 11.9. The normalized spacial score (nSPS) is 11.5. The molecule has 0 bridgehead atoms. The van der Waals surface area contributed by atoms with Crippen LogP contribution in [0.4, 0.5) is 5.69 Å². The Bertz CT molecular complexity index is 805. The lowest BCUT2D eigenvalue weighted by Crippen LogP contribution is -1.93. The molecular weight excluding hydrogens is 254 g/mol. The van der Waals surface area contributed by atoms with Gasteiger partial charge in [0.1, 0.15) is 11.6 Å². The van der Waals surface area contributed by atoms with E-state index in [0.29, 0.717) is 5.57 Å². The van der Waals surface area contributed by atoms with E-state index in [4.69, 9.17) is 5.26 Å². The molecule has 0 radical (unpaired) electrons. The average molecular weight is 265 g/mol. The molecule has 3 rings (SSSR count). The van der Waals surface area contributed by atoms with Crippen LogP contribution in [0, 0.1) is 18.3 Å². The summed E-state index contributed by atoms with van der Waals surface area (Å²) in [4.78, 5) is 3.21. The van der Waals surface area contributed by atoms with Crippen LogP contribution in [0.15, 0.2) is 30.6 Å². The predicted octanol–water partition coefficient (Wildman–Crippen LogP) is 1.97. The number of aromatic amines is 2. The first-order valence-electron chi connectivity index (χ1n) is 5.97. The highest BCUT2D eigenvalue weighted by molar-refractivity contribution is 5.94. The van der Waals surface area contributed by atoms with Crippen LogP contribution >= 0.6 is 0 Å². The van der Waals surface area contributed by atoms with Crippen LogP contribution in [0.3, 0.4) is 0 Å². The Kier molecular flexibility index (Phi) is 2.89. The first-order chi connectivity index (χ1) is 9.79. The molecule has 0 aliphatic heterocycles. The van der Waals surface area contributed by atoms with Crippen molar-refractivity contribution in [2.45, 2.75) is 6.92 Å². The third kappa shape index (κ3) is 1.99. The van der Waals surface area contributed by atoms with E-state index >= 15 is 0 Å². The van der Waals surface area contributed by atoms with Crippen LogP contribution in [-0.4, -0.2) is 25.6 Å². The summed E-state index contributed by atoms with van der Waals surface area (Å²) in [6, 6.07) is 7.96. The van der Waals surface area contributed by atoms with Gasteiger partial charge >= 0.3 is 0 Å². The predicted molar refractivity (Wildman–Crippen MR) is 74.4 cm³/mol. The Morgan fingerprint density at radius 3 is 3.10 bits per heavy atom. The number of nitriles is 1. The van der Waals surface area contributed by atoms with Crippen molar-refractivity contribution in [3.05, 3.63) is 42.0 Å². The number of hydrogen-bond acceptors (Lipinski definition) is 5. The monoisotopic (exact) mass is 265 g/mol. The summed E-state index contributed by atoms with van der Waals surface area (Å²) in [5.41, 5.74) is 3.35. The molecule has 20 heavy (non-hydrogen) atoms. The van der Waals surface area contributed by atoms with Crippen LogP contribution in [-0.2, 0) is 0 Å². The smallest absolute Gasteiger partial charge is 0.216 e. The number of rotatable bonds is 3. The first-order valence-corrected chi connectivity index (χ1v) is 5.97. The van der Waals surface area contributed by atoms with E-state index in [9.17, 15) is 0 Å². The van der Waals surface area contributed by atoms with E-state index in [2.05, 4.69) is 30.9 Å². The molecule has 2 aromatic heterocycles. The molecule has 3 N–H and O–H groups in total. The zero-order valence-electron chi connectivity index (χ0n) is 10.7. The van der Waals surface area contributed by atoms with Gasteiger partial charge in [-0.05, 0) is 23.8 Å². The van der Waals surface area contributed by atoms with Gasteiger partial charge in [-0.1, -0.05) is 12.1 Å². The van der Waals surface area contributed by atoms with Crippen molar-refractivity contribution >= 4 is 22.2 Å². The van der Waals surface area contributed by atoms with Crippen LogP contribution in [0.2, 0.25) is 0 Å². The summed E-state index contributed by atoms with van der Waals surface area (Å²) in [5, 5.41) is 26.7. The fourth-order valence-corrected chi connectivity index (χ4v) is 1.99. The minimum Gasteiger partial charge on any atom is -0.359 e. The number of benzene rings is 1. The molecule has 98 valence electrons. The van der Waals surface area contributed by atoms with E-state index in [1.807, 2.05) is 37.4 Å². The number of aromatic nitrogens is 5. The fourth-order valence-electron chi connectivity index (χ4n) is 1.99. The number of anilines is 1. The second-order valence-electron chi connectivity index (χ2n) is 4.25. The largest absolute Gasteiger partial charge is 0.359 e. The van der Waals surface area contributed by atoms with Gasteiger partial charge in [-0.15, -0.1) is 10.2 Å². The van der Waals surface area contributed by atoms with Crippen molar-refractivity contribution < 1.29 is 0 Å². The zero-order valence-corrected chi connectivity index (χ0v) is 10.7. The highest BCUT2D eigenvalue weighted by Crippen LogP contribution is 2.25. The highest BCUT2D eigenvalue weighted by atomic mass is 15.5. The van der Waals surface area contributed by atoms with Gasteiger partial charge in [0.25, 0.3) is 0 Å². The third-order valence-electron chi connectivity index (χ3n) is 3.00. The molecule has 7 nitrogen and oxygen atoms in total. The summed E-state index contributed by atoms with van der Waals surface area (Å²) in [6.45, 7) is 2.04. The quantitative estimate of drug-likeness (QED) is 0.628. The number of fused-ring (bicyclic) bond motifs is 1. The van der Waals surface area contributed by atoms with E-state index in [1.165, 1.54) is 5.56 Å². The van der Waals surface area contributed by atoms with Crippen LogP contribution in [0.5, 0.6) is 0 Å². The lowest BCUT2D eigenvalue weighted by atomic mass is 10.1. The number of nitrogens with one attached hydrogen (secondary N) is 3. The summed E-state index contributed by atoms with van der Waals surface area (Å²) in [6.07, 6.45) is 3.51. The Labute approximate surface area is 114 Å². The Balaban J connectivity index is 1.96. The second-order valence-corrected chi connectivity index (χ2v) is 4.25. The number of allylic oxidation sites excluding steroid dienone is 1. The summed E-state index contributed by atoms with van der Waals surface area (Å²) in [5.74, 6) is 0.259. The van der Waals surface area contributed by atoms with Crippen LogP contribution < -0.4 is 5.32 Å². The summed E-state index contributed by atoms with van der Waals surface area (Å²) >= 11 is 0. The van der Waals surface area contributed by atoms with Gasteiger partial charge in [0, 0.05) is 17.8 Å². The standard InChI is InChI=1S/C13H11N7/c1-8-6-16-12-10(8)3-2-4-11(12)15-7-9(5-14)13-17-19-20-18-13/h2-4,6-7,15-16H,1H3,(H,17,18,19,20). The molecule has 0 spiro atoms. The molecule has 0 saturated carbocycles. The van der Waals surface area contributed by atoms with Crippen molar-refractivity contribution in [2.75, 3.05) is 5.32 Å². The van der Waals surface area contributed by atoms with Gasteiger partial charge in [0.15, 0.2) is 0 Å². The lowest BCUT2D eigenvalue weighted by Gasteiger charge is -2.03. The molecule has 1 aromatic carbocycles. The maximum atomic E-state index is 9.11. The van der Waals surface area contributed by atoms with Crippen molar-refractivity contribution in [1.82, 2.24) is 25.6 Å². The maximum Gasteiger partial charge on any atom is 0.216 e. The summed E-state index contributed by atoms with van der Waals surface area (Å²) < 4.78 is 0. The molecular formula is C13H11N7. The number of hydrogen-bond donors (Lipinski definition) is 3. The van der Waals surface area contributed by atoms with E-state index in [0.717, 1.165) is 16.6 Å². The molecule has 0 aliphatic carbocycles. The molecule has 2 heterocycles. The highest BCUT2D eigenvalue weighted by Gasteiger charge is 2.07. The molecule has 0 amide bonds. The molecule has 7 heteroatoms. The average Bonchev–Trinajstić information content (AvgIpc) is 3.11. The second kappa shape index (κ2) is 4.85. The van der Waals surface area contributed by atoms with Crippen molar-refractivity contribution in [3.63, 3.8) is 0 Å². The minimum atomic E-state index is 0.259. The van der Waals surface area contributed by atoms with E-state index in [1.54, 1.807) is 6.20 Å². The maximum absolute atomic E-state index is 9.11. The van der Waals surface area contributed by atoms with Crippen LogP contribution in [0.1, 0.15) is 11.4 Å². The lowest BCUT2D eigenvalue weighted by molar-refractivity contribution is 0.881. The Hall–Kier alpha value is -3.14. The molecule has 0 unspecified atom stereocenters. The molecule has 0 aliphatic rings. The Morgan fingerprint density at radius 1 is 1.45 bits per heavy atom. The van der Waals surface area contributed by atoms with Crippen molar-refractivity contribution in [3.8, 4) is 6.07 Å². The third-order valence-corrected chi connectivity index (χ3v) is 3.00. The number of nitrogens with zero attached hydrogens (tertiary/aromatic N) is 4. The van der Waals surface area contributed by atoms with Gasteiger partial charge in [0.2, 0.25) is 5.82 Å². The van der Waals surface area contributed by atoms with Gasteiger partial charge < -0.3 is 10.3 Å². The zero-order chi connectivity index (χ0) is 13.9. The number of tetrazole rings is 1. The summed E-state index contributed by atoms with van der Waals surface area (Å²) in [7, 11) is 0. The fraction of sp³-hybridized carbons (Fsp3) is 0.0769.